The van der Waals surface area contributed by atoms with Crippen LogP contribution in [-0.2, 0) is 16.0 Å². The number of methoxy groups -OCH3 is 2. The van der Waals surface area contributed by atoms with Gasteiger partial charge in [-0.1, -0.05) is 29.8 Å². The van der Waals surface area contributed by atoms with E-state index < -0.39 is 23.8 Å². The van der Waals surface area contributed by atoms with Gasteiger partial charge in [0.15, 0.2) is 0 Å². The zero-order valence-electron chi connectivity index (χ0n) is 25.6. The summed E-state index contributed by atoms with van der Waals surface area (Å²) in [6.07, 6.45) is 0.944. The van der Waals surface area contributed by atoms with Gasteiger partial charge < -0.3 is 29.6 Å². The lowest BCUT2D eigenvalue weighted by Crippen LogP contribution is -2.47. The first-order valence-corrected chi connectivity index (χ1v) is 15.3. The lowest BCUT2D eigenvalue weighted by Gasteiger charge is -2.44. The van der Waals surface area contributed by atoms with Gasteiger partial charge in [-0.25, -0.2) is 9.59 Å². The molecule has 240 valence electrons. The molecule has 2 unspecified atom stereocenters. The molecule has 2 amide bonds. The van der Waals surface area contributed by atoms with Gasteiger partial charge >= 0.3 is 11.9 Å². The van der Waals surface area contributed by atoms with Crippen molar-refractivity contribution in [1.29, 1.82) is 0 Å². The summed E-state index contributed by atoms with van der Waals surface area (Å²) in [7, 11) is 2.42. The molecule has 0 saturated carbocycles. The minimum atomic E-state index is -0.695. The molecule has 2 aliphatic heterocycles. The summed E-state index contributed by atoms with van der Waals surface area (Å²) in [6.45, 7) is 1.85. The Hall–Kier alpha value is -5.42. The van der Waals surface area contributed by atoms with Crippen molar-refractivity contribution in [2.24, 2.45) is 5.92 Å². The largest absolute Gasteiger partial charge is 0.465 e. The summed E-state index contributed by atoms with van der Waals surface area (Å²) in [6, 6.07) is 21.1. The average molecular weight is 655 g/mol. The molecule has 2 aliphatic rings. The fourth-order valence-corrected chi connectivity index (χ4v) is 6.58. The molecule has 2 atom stereocenters. The fourth-order valence-electron chi connectivity index (χ4n) is 6.36. The van der Waals surface area contributed by atoms with E-state index in [4.69, 9.17) is 21.1 Å². The number of nitrogens with zero attached hydrogens (tertiary/aromatic N) is 2. The van der Waals surface area contributed by atoms with E-state index in [2.05, 4.69) is 15.5 Å². The number of esters is 2. The fraction of sp³-hybridized carbons (Fsp3) is 0.229. The molecule has 0 radical (unpaired) electrons. The molecule has 12 heteroatoms. The van der Waals surface area contributed by atoms with Gasteiger partial charge in [-0.15, -0.1) is 0 Å². The Bertz CT molecular complexity index is 1940. The van der Waals surface area contributed by atoms with Crippen LogP contribution in [0.4, 0.5) is 17.1 Å². The maximum Gasteiger partial charge on any atom is 0.337 e. The average Bonchev–Trinajstić information content (AvgIpc) is 3.07. The van der Waals surface area contributed by atoms with Crippen LogP contribution in [0.2, 0.25) is 5.02 Å². The molecule has 1 saturated heterocycles. The third-order valence-electron chi connectivity index (χ3n) is 8.48. The standard InChI is InChI=1S/C35H31ClN4O7/c1-46-34(44)22-13-23(35(45)47-2)15-25(14-22)37-32(42)21-10-11-30(28(16-21)38-33(43)26-6-3-4-7-27(26)36)39-17-20-12-24(19-39)29-8-5-9-31(41)40(29)18-20/h3-11,13-16,20,24H,12,17-19H2,1-2H3,(H,37,42)(H,38,43). The third-order valence-corrected chi connectivity index (χ3v) is 8.81. The molecule has 3 aromatic carbocycles. The van der Waals surface area contributed by atoms with Crippen LogP contribution in [-0.4, -0.2) is 55.6 Å². The lowest BCUT2D eigenvalue weighted by atomic mass is 9.83. The predicted octanol–water partition coefficient (Wildman–Crippen LogP) is 5.20. The van der Waals surface area contributed by atoms with Crippen molar-refractivity contribution in [2.45, 2.75) is 18.9 Å². The molecular weight excluding hydrogens is 624 g/mol. The van der Waals surface area contributed by atoms with E-state index in [1.807, 2.05) is 10.6 Å². The second-order valence-corrected chi connectivity index (χ2v) is 11.9. The number of fused-ring (bicyclic) bond motifs is 4. The molecule has 2 N–H and O–H groups in total. The molecule has 0 spiro atoms. The number of benzene rings is 3. The van der Waals surface area contributed by atoms with Crippen molar-refractivity contribution >= 4 is 52.4 Å². The molecule has 0 aliphatic carbocycles. The zero-order valence-corrected chi connectivity index (χ0v) is 26.4. The topological polar surface area (TPSA) is 136 Å². The van der Waals surface area contributed by atoms with Crippen LogP contribution < -0.4 is 21.1 Å². The highest BCUT2D eigenvalue weighted by Gasteiger charge is 2.35. The summed E-state index contributed by atoms with van der Waals surface area (Å²) in [5, 5.41) is 5.97. The van der Waals surface area contributed by atoms with Crippen LogP contribution in [0.1, 0.15) is 59.5 Å². The van der Waals surface area contributed by atoms with Gasteiger partial charge in [0.1, 0.15) is 0 Å². The van der Waals surface area contributed by atoms with Gasteiger partial charge in [0, 0.05) is 48.6 Å². The van der Waals surface area contributed by atoms with E-state index in [1.165, 1.54) is 32.4 Å². The van der Waals surface area contributed by atoms with Gasteiger partial charge in [0.2, 0.25) is 0 Å². The molecule has 47 heavy (non-hydrogen) atoms. The summed E-state index contributed by atoms with van der Waals surface area (Å²) in [5.74, 6) is -2.07. The Kier molecular flexibility index (Phi) is 8.82. The number of hydrogen-bond donors (Lipinski definition) is 2. The molecule has 6 rings (SSSR count). The van der Waals surface area contributed by atoms with E-state index in [0.717, 1.165) is 12.1 Å². The minimum absolute atomic E-state index is 0.00969. The smallest absolute Gasteiger partial charge is 0.337 e. The molecule has 11 nitrogen and oxygen atoms in total. The normalized spacial score (nSPS) is 16.4. The van der Waals surface area contributed by atoms with Crippen LogP contribution in [0.5, 0.6) is 0 Å². The van der Waals surface area contributed by atoms with Crippen LogP contribution in [0.15, 0.2) is 83.7 Å². The maximum atomic E-state index is 13.6. The monoisotopic (exact) mass is 654 g/mol. The summed E-state index contributed by atoms with van der Waals surface area (Å²) >= 11 is 6.33. The van der Waals surface area contributed by atoms with Gasteiger partial charge in [-0.2, -0.15) is 0 Å². The molecule has 2 bridgehead atoms. The van der Waals surface area contributed by atoms with Crippen LogP contribution in [0, 0.1) is 5.92 Å². The molecular formula is C35H31ClN4O7. The Morgan fingerprint density at radius 3 is 2.19 bits per heavy atom. The quantitative estimate of drug-likeness (QED) is 0.260. The highest BCUT2D eigenvalue weighted by atomic mass is 35.5. The third kappa shape index (κ3) is 6.48. The Labute approximate surface area is 275 Å². The second kappa shape index (κ2) is 13.1. The van der Waals surface area contributed by atoms with Crippen LogP contribution >= 0.6 is 11.6 Å². The summed E-state index contributed by atoms with van der Waals surface area (Å²) in [5.41, 5.74) is 2.83. The Morgan fingerprint density at radius 2 is 1.49 bits per heavy atom. The number of pyridine rings is 1. The van der Waals surface area contributed by atoms with Crippen molar-refractivity contribution in [3.63, 3.8) is 0 Å². The predicted molar refractivity (Wildman–Crippen MR) is 177 cm³/mol. The number of carbonyl (C=O) groups is 4. The van der Waals surface area contributed by atoms with Crippen molar-refractivity contribution in [2.75, 3.05) is 42.8 Å². The number of carbonyl (C=O) groups excluding carboxylic acids is 4. The minimum Gasteiger partial charge on any atom is -0.465 e. The van der Waals surface area contributed by atoms with Gasteiger partial charge in [0.25, 0.3) is 17.4 Å². The van der Waals surface area contributed by atoms with Crippen molar-refractivity contribution < 1.29 is 28.7 Å². The number of anilines is 3. The SMILES string of the molecule is COC(=O)c1cc(NC(=O)c2ccc(N3CC4CC(C3)c3cccc(=O)n3C4)c(NC(=O)c3ccccc3Cl)c2)cc(C(=O)OC)c1. The molecule has 4 aromatic rings. The number of piperidine rings is 1. The van der Waals surface area contributed by atoms with E-state index in [0.29, 0.717) is 31.0 Å². The summed E-state index contributed by atoms with van der Waals surface area (Å²) < 4.78 is 11.4. The van der Waals surface area contributed by atoms with E-state index in [-0.39, 0.29) is 50.4 Å². The first-order valence-electron chi connectivity index (χ1n) is 14.9. The van der Waals surface area contributed by atoms with Crippen molar-refractivity contribution in [3.8, 4) is 0 Å². The number of hydrogen-bond acceptors (Lipinski definition) is 8. The molecule has 1 fully saturated rings. The molecule has 3 heterocycles. The van der Waals surface area contributed by atoms with Crippen LogP contribution in [0.3, 0.4) is 0 Å². The van der Waals surface area contributed by atoms with E-state index in [1.54, 1.807) is 54.6 Å². The lowest BCUT2D eigenvalue weighted by molar-refractivity contribution is 0.0598. The number of rotatable bonds is 7. The van der Waals surface area contributed by atoms with Gasteiger partial charge in [-0.05, 0) is 66.9 Å². The van der Waals surface area contributed by atoms with E-state index in [9.17, 15) is 24.0 Å². The Morgan fingerprint density at radius 1 is 0.766 bits per heavy atom. The summed E-state index contributed by atoms with van der Waals surface area (Å²) in [4.78, 5) is 66.3. The van der Waals surface area contributed by atoms with E-state index >= 15 is 0 Å². The first-order chi connectivity index (χ1) is 22.6. The molecule has 1 aromatic heterocycles. The first kappa shape index (κ1) is 31.6. The number of aromatic nitrogens is 1. The highest BCUT2D eigenvalue weighted by Crippen LogP contribution is 2.39. The second-order valence-electron chi connectivity index (χ2n) is 11.5. The number of amides is 2. The highest BCUT2D eigenvalue weighted by molar-refractivity contribution is 6.34. The van der Waals surface area contributed by atoms with Gasteiger partial charge in [0.05, 0.1) is 47.3 Å². The zero-order chi connectivity index (χ0) is 33.2. The number of ether oxygens (including phenoxy) is 2. The number of nitrogens with one attached hydrogen (secondary N) is 2. The maximum absolute atomic E-state index is 13.6. The van der Waals surface area contributed by atoms with Crippen LogP contribution in [0.25, 0.3) is 0 Å². The van der Waals surface area contributed by atoms with Gasteiger partial charge in [-0.3, -0.25) is 14.4 Å². The van der Waals surface area contributed by atoms with Crippen molar-refractivity contribution in [3.05, 3.63) is 122 Å². The van der Waals surface area contributed by atoms with Crippen molar-refractivity contribution in [1.82, 2.24) is 4.57 Å². The Balaban J connectivity index is 1.34. The number of halogens is 1.